The van der Waals surface area contributed by atoms with Gasteiger partial charge >= 0.3 is 0 Å². The van der Waals surface area contributed by atoms with Crippen LogP contribution in [0.3, 0.4) is 0 Å². The maximum atomic E-state index is 13.5. The number of nitriles is 1. The van der Waals surface area contributed by atoms with E-state index in [2.05, 4.69) is 5.32 Å². The number of furan rings is 1. The molecule has 0 radical (unpaired) electrons. The first-order valence-corrected chi connectivity index (χ1v) is 11.8. The van der Waals surface area contributed by atoms with Gasteiger partial charge in [-0.3, -0.25) is 9.59 Å². The zero-order valence-corrected chi connectivity index (χ0v) is 20.6. The van der Waals surface area contributed by atoms with E-state index >= 15 is 0 Å². The average molecular weight is 498 g/mol. The summed E-state index contributed by atoms with van der Waals surface area (Å²) >= 11 is 0. The maximum absolute atomic E-state index is 13.5. The van der Waals surface area contributed by atoms with E-state index in [-0.39, 0.29) is 17.8 Å². The third-order valence-electron chi connectivity index (χ3n) is 6.57. The molecular formula is C29H24FN3O4. The van der Waals surface area contributed by atoms with Crippen LogP contribution in [0.25, 0.3) is 33.4 Å². The molecule has 1 aromatic heterocycles. The quantitative estimate of drug-likeness (QED) is 0.274. The Hall–Kier alpha value is -4.64. The van der Waals surface area contributed by atoms with Crippen molar-refractivity contribution in [3.8, 4) is 34.4 Å². The monoisotopic (exact) mass is 497 g/mol. The second kappa shape index (κ2) is 9.43. The Bertz CT molecular complexity index is 1580. The van der Waals surface area contributed by atoms with Gasteiger partial charge in [0, 0.05) is 24.0 Å². The minimum Gasteiger partial charge on any atom is -0.496 e. The van der Waals surface area contributed by atoms with Gasteiger partial charge in [0.2, 0.25) is 0 Å². The SMILES string of the molecule is CNC(=O)c1c(-c2ccc(F)cc2)oc2ccc(-c3cc(C(=O)N(C#N)C4CC4)c(OC)cc3C)cc12. The molecule has 0 saturated heterocycles. The fourth-order valence-corrected chi connectivity index (χ4v) is 4.50. The van der Waals surface area contributed by atoms with E-state index in [4.69, 9.17) is 9.15 Å². The molecule has 8 heteroatoms. The van der Waals surface area contributed by atoms with Crippen LogP contribution in [-0.4, -0.2) is 36.9 Å². The van der Waals surface area contributed by atoms with Crippen LogP contribution in [0, 0.1) is 24.2 Å². The van der Waals surface area contributed by atoms with E-state index in [1.54, 1.807) is 30.3 Å². The van der Waals surface area contributed by atoms with Gasteiger partial charge in [0.25, 0.3) is 11.8 Å². The molecule has 1 heterocycles. The summed E-state index contributed by atoms with van der Waals surface area (Å²) in [5.41, 5.74) is 4.06. The van der Waals surface area contributed by atoms with Crippen LogP contribution in [0.2, 0.25) is 0 Å². The van der Waals surface area contributed by atoms with Gasteiger partial charge in [-0.25, -0.2) is 9.29 Å². The molecule has 4 aromatic rings. The molecule has 1 aliphatic carbocycles. The third-order valence-corrected chi connectivity index (χ3v) is 6.57. The summed E-state index contributed by atoms with van der Waals surface area (Å²) in [6, 6.07) is 14.6. The number of carbonyl (C=O) groups excluding carboxylic acids is 2. The zero-order valence-electron chi connectivity index (χ0n) is 20.6. The molecule has 1 N–H and O–H groups in total. The minimum absolute atomic E-state index is 0.0748. The van der Waals surface area contributed by atoms with E-state index in [1.807, 2.05) is 25.2 Å². The minimum atomic E-state index is -0.405. The highest BCUT2D eigenvalue weighted by Gasteiger charge is 2.35. The van der Waals surface area contributed by atoms with Crippen LogP contribution in [0.1, 0.15) is 39.1 Å². The topological polar surface area (TPSA) is 95.6 Å². The number of ether oxygens (including phenoxy) is 1. The van der Waals surface area contributed by atoms with E-state index in [9.17, 15) is 19.2 Å². The van der Waals surface area contributed by atoms with Gasteiger partial charge in [-0.1, -0.05) is 6.07 Å². The predicted molar refractivity (Wildman–Crippen MR) is 137 cm³/mol. The predicted octanol–water partition coefficient (Wildman–Crippen LogP) is 5.67. The first-order chi connectivity index (χ1) is 17.9. The number of halogens is 1. The van der Waals surface area contributed by atoms with Crippen molar-refractivity contribution in [1.82, 2.24) is 10.2 Å². The van der Waals surface area contributed by atoms with Crippen molar-refractivity contribution in [2.45, 2.75) is 25.8 Å². The number of carbonyl (C=O) groups is 2. The molecule has 0 spiro atoms. The summed E-state index contributed by atoms with van der Waals surface area (Å²) in [7, 11) is 3.02. The Morgan fingerprint density at radius 3 is 2.43 bits per heavy atom. The zero-order chi connectivity index (χ0) is 26.3. The lowest BCUT2D eigenvalue weighted by molar-refractivity contribution is 0.0820. The number of amides is 2. The Balaban J connectivity index is 1.67. The Labute approximate surface area is 213 Å². The highest BCUT2D eigenvalue weighted by atomic mass is 19.1. The number of hydrogen-bond donors (Lipinski definition) is 1. The molecule has 0 bridgehead atoms. The van der Waals surface area contributed by atoms with Gasteiger partial charge in [0.15, 0.2) is 6.19 Å². The molecule has 2 amide bonds. The third kappa shape index (κ3) is 4.29. The molecule has 0 aliphatic heterocycles. The summed E-state index contributed by atoms with van der Waals surface area (Å²) < 4.78 is 25.0. The van der Waals surface area contributed by atoms with Gasteiger partial charge in [0.05, 0.1) is 18.2 Å². The van der Waals surface area contributed by atoms with Crippen molar-refractivity contribution < 1.29 is 23.1 Å². The van der Waals surface area contributed by atoms with Crippen molar-refractivity contribution in [3.63, 3.8) is 0 Å². The maximum Gasteiger partial charge on any atom is 0.270 e. The van der Waals surface area contributed by atoms with Crippen LogP contribution in [-0.2, 0) is 0 Å². The van der Waals surface area contributed by atoms with Crippen LogP contribution < -0.4 is 10.1 Å². The standard InChI is InChI=1S/C29H24FN3O4/c1-16-12-25(36-3)23(29(35)33(15-31)20-9-10-20)14-21(16)18-6-11-24-22(13-18)26(28(34)32-2)27(37-24)17-4-7-19(30)8-5-17/h4-8,11-14,20H,9-10H2,1-3H3,(H,32,34). The number of methoxy groups -OCH3 is 1. The number of nitrogens with zero attached hydrogens (tertiary/aromatic N) is 2. The van der Waals surface area contributed by atoms with E-state index in [0.717, 1.165) is 29.5 Å². The van der Waals surface area contributed by atoms with Gasteiger partial charge in [-0.2, -0.15) is 5.26 Å². The smallest absolute Gasteiger partial charge is 0.270 e. The summed E-state index contributed by atoms with van der Waals surface area (Å²) in [5, 5.41) is 12.8. The van der Waals surface area contributed by atoms with Gasteiger partial charge in [0.1, 0.15) is 22.9 Å². The summed E-state index contributed by atoms with van der Waals surface area (Å²) in [6.07, 6.45) is 3.61. The van der Waals surface area contributed by atoms with Crippen LogP contribution >= 0.6 is 0 Å². The van der Waals surface area contributed by atoms with E-state index in [1.165, 1.54) is 31.2 Å². The Morgan fingerprint density at radius 1 is 1.11 bits per heavy atom. The molecule has 0 atom stereocenters. The van der Waals surface area contributed by atoms with Crippen molar-refractivity contribution in [2.24, 2.45) is 0 Å². The molecule has 0 unspecified atom stereocenters. The number of nitrogens with one attached hydrogen (secondary N) is 1. The average Bonchev–Trinajstić information content (AvgIpc) is 3.67. The molecule has 186 valence electrons. The number of fused-ring (bicyclic) bond motifs is 1. The molecule has 1 saturated carbocycles. The lowest BCUT2D eigenvalue weighted by atomic mass is 9.95. The largest absolute Gasteiger partial charge is 0.496 e. The Kier molecular flexibility index (Phi) is 6.14. The number of rotatable bonds is 6. The second-order valence-electron chi connectivity index (χ2n) is 8.98. The van der Waals surface area contributed by atoms with Gasteiger partial charge in [-0.05, 0) is 85.0 Å². The van der Waals surface area contributed by atoms with Crippen molar-refractivity contribution >= 4 is 22.8 Å². The highest BCUT2D eigenvalue weighted by Crippen LogP contribution is 2.38. The van der Waals surface area contributed by atoms with Crippen molar-refractivity contribution in [3.05, 3.63) is 77.1 Å². The highest BCUT2D eigenvalue weighted by molar-refractivity contribution is 6.12. The van der Waals surface area contributed by atoms with Crippen molar-refractivity contribution in [1.29, 1.82) is 5.26 Å². The van der Waals surface area contributed by atoms with Gasteiger partial charge in [-0.15, -0.1) is 0 Å². The van der Waals surface area contributed by atoms with E-state index < -0.39 is 5.91 Å². The molecule has 5 rings (SSSR count). The number of hydrogen-bond acceptors (Lipinski definition) is 5. The van der Waals surface area contributed by atoms with Crippen LogP contribution in [0.5, 0.6) is 5.75 Å². The molecule has 37 heavy (non-hydrogen) atoms. The summed E-state index contributed by atoms with van der Waals surface area (Å²) in [5.74, 6) is -0.409. The Morgan fingerprint density at radius 2 is 1.81 bits per heavy atom. The summed E-state index contributed by atoms with van der Waals surface area (Å²) in [6.45, 7) is 1.90. The van der Waals surface area contributed by atoms with E-state index in [0.29, 0.717) is 39.2 Å². The first-order valence-electron chi connectivity index (χ1n) is 11.8. The normalized spacial score (nSPS) is 12.7. The van der Waals surface area contributed by atoms with Gasteiger partial charge < -0.3 is 14.5 Å². The lowest BCUT2D eigenvalue weighted by Crippen LogP contribution is -2.28. The molecule has 1 fully saturated rings. The molecule has 7 nitrogen and oxygen atoms in total. The molecule has 1 aliphatic rings. The second-order valence-corrected chi connectivity index (χ2v) is 8.98. The lowest BCUT2D eigenvalue weighted by Gasteiger charge is -2.17. The number of benzene rings is 3. The molecular weight excluding hydrogens is 473 g/mol. The summed E-state index contributed by atoms with van der Waals surface area (Å²) in [4.78, 5) is 27.4. The fraction of sp³-hybridized carbons (Fsp3) is 0.207. The molecule has 3 aromatic carbocycles. The number of aryl methyl sites for hydroxylation is 1. The van der Waals surface area contributed by atoms with Crippen LogP contribution in [0.15, 0.2) is 59.0 Å². The first kappa shape index (κ1) is 24.1. The van der Waals surface area contributed by atoms with Crippen LogP contribution in [0.4, 0.5) is 4.39 Å². The fourth-order valence-electron chi connectivity index (χ4n) is 4.50. The van der Waals surface area contributed by atoms with Crippen molar-refractivity contribution in [2.75, 3.05) is 14.2 Å².